The predicted octanol–water partition coefficient (Wildman–Crippen LogP) is 10.6. The Morgan fingerprint density at radius 1 is 0.375 bits per heavy atom. The van der Waals surface area contributed by atoms with Gasteiger partial charge in [-0.05, 0) is 46.5 Å². The minimum atomic E-state index is 0.598. The molecule has 4 heterocycles. The summed E-state index contributed by atoms with van der Waals surface area (Å²) in [5.41, 5.74) is 7.63. The highest BCUT2D eigenvalue weighted by atomic mass is 15.2. The maximum atomic E-state index is 5.18. The number of rotatable bonds is 3. The van der Waals surface area contributed by atoms with Gasteiger partial charge in [-0.2, -0.15) is 9.97 Å². The number of benzene rings is 7. The molecule has 0 spiro atoms. The van der Waals surface area contributed by atoms with Gasteiger partial charge in [-0.3, -0.25) is 4.57 Å². The van der Waals surface area contributed by atoms with Crippen LogP contribution >= 0.6 is 0 Å². The van der Waals surface area contributed by atoms with E-state index >= 15 is 0 Å². The van der Waals surface area contributed by atoms with Gasteiger partial charge in [0.2, 0.25) is 5.95 Å². The largest absolute Gasteiger partial charge is 0.308 e. The normalized spacial score (nSPS) is 12.2. The first-order chi connectivity index (χ1) is 23.8. The molecule has 222 valence electrons. The van der Waals surface area contributed by atoms with Gasteiger partial charge in [0.1, 0.15) is 0 Å². The highest BCUT2D eigenvalue weighted by Crippen LogP contribution is 2.45. The van der Waals surface area contributed by atoms with E-state index in [2.05, 4.69) is 124 Å². The molecule has 11 aromatic rings. The fraction of sp³-hybridized carbons (Fsp3) is 0. The first kappa shape index (κ1) is 25.6. The van der Waals surface area contributed by atoms with Crippen LogP contribution in [0.15, 0.2) is 152 Å². The van der Waals surface area contributed by atoms with Crippen molar-refractivity contribution < 1.29 is 0 Å². The van der Waals surface area contributed by atoms with Gasteiger partial charge in [0.05, 0.1) is 27.6 Å². The van der Waals surface area contributed by atoms with Crippen molar-refractivity contribution in [1.82, 2.24) is 23.9 Å². The standard InChI is InChI=1S/C43H25N5/c1-3-12-26(13-4-1)41-44-42(27-14-5-2-6-15-27)46-43(45-41)48-35-21-11-19-31-33-24-28-16-7-8-17-29(28)25-37(33)47-34-20-10-9-18-30(34)32-22-23-36(48)39(38(31)35)40(32)47/h1-25H. The van der Waals surface area contributed by atoms with Gasteiger partial charge in [0.15, 0.2) is 11.6 Å². The van der Waals surface area contributed by atoms with Crippen molar-refractivity contribution in [2.45, 2.75) is 0 Å². The molecule has 0 unspecified atom stereocenters. The Balaban J connectivity index is 1.37. The van der Waals surface area contributed by atoms with Crippen LogP contribution in [0.2, 0.25) is 0 Å². The summed E-state index contributed by atoms with van der Waals surface area (Å²) in [5.74, 6) is 1.88. The van der Waals surface area contributed by atoms with E-state index in [1.807, 2.05) is 36.4 Å². The van der Waals surface area contributed by atoms with E-state index in [9.17, 15) is 0 Å². The first-order valence-corrected chi connectivity index (χ1v) is 16.2. The molecule has 0 saturated heterocycles. The summed E-state index contributed by atoms with van der Waals surface area (Å²) in [6.07, 6.45) is 0. The number of nitrogens with zero attached hydrogens (tertiary/aromatic N) is 5. The maximum absolute atomic E-state index is 5.18. The van der Waals surface area contributed by atoms with Gasteiger partial charge in [0.25, 0.3) is 0 Å². The zero-order valence-electron chi connectivity index (χ0n) is 25.7. The van der Waals surface area contributed by atoms with Crippen LogP contribution in [-0.2, 0) is 0 Å². The second-order valence-electron chi connectivity index (χ2n) is 12.5. The Hall–Kier alpha value is -6.59. The highest BCUT2D eigenvalue weighted by Gasteiger charge is 2.24. The quantitative estimate of drug-likeness (QED) is 0.200. The summed E-state index contributed by atoms with van der Waals surface area (Å²) in [6.45, 7) is 0. The summed E-state index contributed by atoms with van der Waals surface area (Å²) in [7, 11) is 0. The molecule has 0 saturated carbocycles. The van der Waals surface area contributed by atoms with E-state index in [1.54, 1.807) is 0 Å². The van der Waals surface area contributed by atoms with Crippen LogP contribution in [0.3, 0.4) is 0 Å². The van der Waals surface area contributed by atoms with Crippen molar-refractivity contribution in [3.05, 3.63) is 152 Å². The lowest BCUT2D eigenvalue weighted by Crippen LogP contribution is -2.06. The summed E-state index contributed by atoms with van der Waals surface area (Å²) in [5, 5.41) is 9.76. The Morgan fingerprint density at radius 2 is 0.979 bits per heavy atom. The van der Waals surface area contributed by atoms with Gasteiger partial charge in [0, 0.05) is 38.1 Å². The molecule has 0 amide bonds. The van der Waals surface area contributed by atoms with E-state index in [0.717, 1.165) is 22.2 Å². The average molecular weight is 612 g/mol. The zero-order valence-corrected chi connectivity index (χ0v) is 25.7. The molecule has 0 atom stereocenters. The second-order valence-corrected chi connectivity index (χ2v) is 12.5. The third kappa shape index (κ3) is 3.42. The van der Waals surface area contributed by atoms with E-state index < -0.39 is 0 Å². The van der Waals surface area contributed by atoms with Gasteiger partial charge >= 0.3 is 0 Å². The fourth-order valence-electron chi connectivity index (χ4n) is 7.82. The van der Waals surface area contributed by atoms with E-state index in [-0.39, 0.29) is 0 Å². The van der Waals surface area contributed by atoms with Gasteiger partial charge in [-0.1, -0.05) is 121 Å². The van der Waals surface area contributed by atoms with Crippen molar-refractivity contribution in [3.8, 4) is 28.7 Å². The molecule has 0 fully saturated rings. The van der Waals surface area contributed by atoms with Crippen LogP contribution in [0.25, 0.3) is 99.4 Å². The topological polar surface area (TPSA) is 48.0 Å². The first-order valence-electron chi connectivity index (χ1n) is 16.2. The van der Waals surface area contributed by atoms with E-state index in [0.29, 0.717) is 17.6 Å². The highest BCUT2D eigenvalue weighted by molar-refractivity contribution is 6.33. The molecule has 0 aliphatic carbocycles. The molecule has 0 aliphatic heterocycles. The number of hydrogen-bond donors (Lipinski definition) is 0. The number of hydrogen-bond acceptors (Lipinski definition) is 3. The summed E-state index contributed by atoms with van der Waals surface area (Å²) < 4.78 is 4.72. The monoisotopic (exact) mass is 611 g/mol. The molecule has 48 heavy (non-hydrogen) atoms. The van der Waals surface area contributed by atoms with Crippen molar-refractivity contribution in [3.63, 3.8) is 0 Å². The molecule has 0 radical (unpaired) electrons. The smallest absolute Gasteiger partial charge is 0.238 e. The molecule has 0 bridgehead atoms. The Bertz CT molecular complexity index is 2990. The van der Waals surface area contributed by atoms with Gasteiger partial charge < -0.3 is 4.40 Å². The molecule has 0 aliphatic rings. The SMILES string of the molecule is c1ccc(-c2nc(-c3ccccc3)nc(-n3c4cccc5c6cc7ccccc7cc6n6c7ccccc7c7ccc3c(c54)c76)n2)cc1. The Morgan fingerprint density at radius 3 is 1.73 bits per heavy atom. The molecule has 0 N–H and O–H groups in total. The third-order valence-electron chi connectivity index (χ3n) is 9.87. The third-order valence-corrected chi connectivity index (χ3v) is 9.87. The molecule has 4 aromatic heterocycles. The molecule has 11 rings (SSSR count). The lowest BCUT2D eigenvalue weighted by atomic mass is 10.0. The van der Waals surface area contributed by atoms with Crippen LogP contribution in [0.4, 0.5) is 0 Å². The number of fused-ring (bicyclic) bond motifs is 7. The van der Waals surface area contributed by atoms with Crippen LogP contribution in [-0.4, -0.2) is 23.9 Å². The van der Waals surface area contributed by atoms with E-state index in [4.69, 9.17) is 15.0 Å². The molecule has 5 heteroatoms. The lowest BCUT2D eigenvalue weighted by Gasteiger charge is -2.11. The van der Waals surface area contributed by atoms with Crippen LogP contribution in [0.5, 0.6) is 0 Å². The fourth-order valence-corrected chi connectivity index (χ4v) is 7.82. The maximum Gasteiger partial charge on any atom is 0.238 e. The minimum absolute atomic E-state index is 0.598. The number of aromatic nitrogens is 5. The van der Waals surface area contributed by atoms with Crippen molar-refractivity contribution in [2.24, 2.45) is 0 Å². The lowest BCUT2D eigenvalue weighted by molar-refractivity contribution is 0.954. The molecular formula is C43H25N5. The zero-order chi connectivity index (χ0) is 31.3. The van der Waals surface area contributed by atoms with Crippen molar-refractivity contribution in [1.29, 1.82) is 0 Å². The average Bonchev–Trinajstić information content (AvgIpc) is 3.64. The van der Waals surface area contributed by atoms with E-state index in [1.165, 1.54) is 59.6 Å². The summed E-state index contributed by atoms with van der Waals surface area (Å²) >= 11 is 0. The van der Waals surface area contributed by atoms with Gasteiger partial charge in [-0.15, -0.1) is 0 Å². The molecule has 7 aromatic carbocycles. The van der Waals surface area contributed by atoms with Crippen molar-refractivity contribution in [2.75, 3.05) is 0 Å². The Labute approximate surface area is 274 Å². The number of para-hydroxylation sites is 1. The van der Waals surface area contributed by atoms with Gasteiger partial charge in [-0.25, -0.2) is 4.98 Å². The second kappa shape index (κ2) is 9.47. The Kier molecular flexibility index (Phi) is 5.05. The van der Waals surface area contributed by atoms with Crippen LogP contribution in [0, 0.1) is 0 Å². The molecular weight excluding hydrogens is 587 g/mol. The predicted molar refractivity (Wildman–Crippen MR) is 197 cm³/mol. The van der Waals surface area contributed by atoms with Crippen LogP contribution < -0.4 is 0 Å². The van der Waals surface area contributed by atoms with Crippen molar-refractivity contribution >= 4 is 70.7 Å². The minimum Gasteiger partial charge on any atom is -0.308 e. The summed E-state index contributed by atoms with van der Waals surface area (Å²) in [6, 6.07) is 53.7. The van der Waals surface area contributed by atoms with Crippen LogP contribution in [0.1, 0.15) is 0 Å². The molecule has 5 nitrogen and oxygen atoms in total. The summed E-state index contributed by atoms with van der Waals surface area (Å²) in [4.78, 5) is 15.4.